The van der Waals surface area contributed by atoms with Crippen LogP contribution in [-0.2, 0) is 0 Å². The van der Waals surface area contributed by atoms with Crippen LogP contribution < -0.4 is 14.2 Å². The number of alkyl halides is 2. The largest absolute Gasteiger partial charge is 0.496 e. The van der Waals surface area contributed by atoms with E-state index in [4.69, 9.17) is 9.47 Å². The number of benzene rings is 2. The number of esters is 1. The molecule has 0 saturated carbocycles. The second-order valence-corrected chi connectivity index (χ2v) is 4.39. The average Bonchev–Trinajstić information content (AvgIpc) is 2.54. The molecule has 2 aromatic rings. The molecular weight excluding hydrogens is 328 g/mol. The summed E-state index contributed by atoms with van der Waals surface area (Å²) in [5.41, 5.74) is -0.569. The molecular formula is C15H11F2NO6. The van der Waals surface area contributed by atoms with Crippen molar-refractivity contribution in [2.45, 2.75) is 6.61 Å². The van der Waals surface area contributed by atoms with E-state index in [9.17, 15) is 23.7 Å². The Hall–Kier alpha value is -3.23. The molecule has 2 rings (SSSR count). The van der Waals surface area contributed by atoms with Gasteiger partial charge in [-0.05, 0) is 30.3 Å². The number of carbonyl (C=O) groups is 1. The molecule has 0 amide bonds. The lowest BCUT2D eigenvalue weighted by Crippen LogP contribution is -2.10. The average molecular weight is 339 g/mol. The topological polar surface area (TPSA) is 87.9 Å². The van der Waals surface area contributed by atoms with Gasteiger partial charge in [0.15, 0.2) is 0 Å². The van der Waals surface area contributed by atoms with E-state index in [1.165, 1.54) is 37.4 Å². The number of carbonyl (C=O) groups excluding carboxylic acids is 1. The Bertz CT molecular complexity index is 765. The van der Waals surface area contributed by atoms with Crippen molar-refractivity contribution in [2.75, 3.05) is 7.11 Å². The van der Waals surface area contributed by atoms with Crippen LogP contribution in [0.1, 0.15) is 10.4 Å². The second-order valence-electron chi connectivity index (χ2n) is 4.39. The van der Waals surface area contributed by atoms with Crippen LogP contribution in [-0.4, -0.2) is 24.6 Å². The summed E-state index contributed by atoms with van der Waals surface area (Å²) in [6.45, 7) is -3.04. The van der Waals surface area contributed by atoms with E-state index in [0.717, 1.165) is 12.1 Å². The van der Waals surface area contributed by atoms with Crippen LogP contribution in [0.5, 0.6) is 17.2 Å². The number of methoxy groups -OCH3 is 1. The highest BCUT2D eigenvalue weighted by Crippen LogP contribution is 2.31. The number of ether oxygens (including phenoxy) is 3. The van der Waals surface area contributed by atoms with E-state index >= 15 is 0 Å². The predicted octanol–water partition coefficient (Wildman–Crippen LogP) is 3.42. The first-order valence-corrected chi connectivity index (χ1v) is 6.50. The van der Waals surface area contributed by atoms with Crippen molar-refractivity contribution in [1.82, 2.24) is 0 Å². The molecule has 0 N–H and O–H groups in total. The van der Waals surface area contributed by atoms with Crippen molar-refractivity contribution in [3.05, 3.63) is 58.1 Å². The molecule has 0 aliphatic heterocycles. The Balaban J connectivity index is 2.25. The summed E-state index contributed by atoms with van der Waals surface area (Å²) in [6, 6.07) is 8.58. The van der Waals surface area contributed by atoms with Gasteiger partial charge in [-0.2, -0.15) is 8.78 Å². The van der Waals surface area contributed by atoms with Gasteiger partial charge in [-0.3, -0.25) is 10.1 Å². The van der Waals surface area contributed by atoms with E-state index in [1.807, 2.05) is 0 Å². The second kappa shape index (κ2) is 7.36. The number of hydrogen-bond donors (Lipinski definition) is 0. The Labute approximate surface area is 134 Å². The highest BCUT2D eigenvalue weighted by molar-refractivity contribution is 5.92. The third kappa shape index (κ3) is 4.15. The summed E-state index contributed by atoms with van der Waals surface area (Å²) >= 11 is 0. The van der Waals surface area contributed by atoms with Crippen molar-refractivity contribution >= 4 is 11.7 Å². The van der Waals surface area contributed by atoms with Crippen molar-refractivity contribution in [1.29, 1.82) is 0 Å². The van der Waals surface area contributed by atoms with Crippen molar-refractivity contribution in [3.63, 3.8) is 0 Å². The third-order valence-corrected chi connectivity index (χ3v) is 2.86. The van der Waals surface area contributed by atoms with Crippen LogP contribution in [0.2, 0.25) is 0 Å². The first-order valence-electron chi connectivity index (χ1n) is 6.50. The standard InChI is InChI=1S/C15H11F2NO6/c1-22-10-5-6-13(12(8-10)18(20)21)24-14(19)9-3-2-4-11(7-9)23-15(16)17/h2-8,15H,1H3. The van der Waals surface area contributed by atoms with Crippen molar-refractivity contribution < 1.29 is 32.7 Å². The molecule has 24 heavy (non-hydrogen) atoms. The number of nitro groups is 1. The molecule has 0 aliphatic rings. The van der Waals surface area contributed by atoms with Gasteiger partial charge in [0.25, 0.3) is 0 Å². The lowest BCUT2D eigenvalue weighted by molar-refractivity contribution is -0.385. The molecule has 2 aromatic carbocycles. The fraction of sp³-hybridized carbons (Fsp3) is 0.133. The Morgan fingerprint density at radius 2 is 1.92 bits per heavy atom. The van der Waals surface area contributed by atoms with Gasteiger partial charge in [0.2, 0.25) is 5.75 Å². The Morgan fingerprint density at radius 1 is 1.17 bits per heavy atom. The molecule has 0 saturated heterocycles. The highest BCUT2D eigenvalue weighted by Gasteiger charge is 2.20. The molecule has 0 spiro atoms. The molecule has 126 valence electrons. The predicted molar refractivity (Wildman–Crippen MR) is 77.7 cm³/mol. The lowest BCUT2D eigenvalue weighted by Gasteiger charge is -2.08. The van der Waals surface area contributed by atoms with Crippen LogP contribution in [0.15, 0.2) is 42.5 Å². The molecule has 0 bridgehead atoms. The van der Waals surface area contributed by atoms with E-state index in [1.54, 1.807) is 0 Å². The van der Waals surface area contributed by atoms with Crippen LogP contribution in [0.3, 0.4) is 0 Å². The number of rotatable bonds is 6. The van der Waals surface area contributed by atoms with E-state index in [0.29, 0.717) is 0 Å². The molecule has 0 aromatic heterocycles. The van der Waals surface area contributed by atoms with Crippen molar-refractivity contribution in [3.8, 4) is 17.2 Å². The molecule has 0 radical (unpaired) electrons. The van der Waals surface area contributed by atoms with E-state index in [-0.39, 0.29) is 22.8 Å². The van der Waals surface area contributed by atoms with Crippen LogP contribution >= 0.6 is 0 Å². The zero-order valence-corrected chi connectivity index (χ0v) is 12.3. The quantitative estimate of drug-likeness (QED) is 0.347. The van der Waals surface area contributed by atoms with Gasteiger partial charge < -0.3 is 14.2 Å². The van der Waals surface area contributed by atoms with Gasteiger partial charge >= 0.3 is 18.3 Å². The summed E-state index contributed by atoms with van der Waals surface area (Å²) in [6.07, 6.45) is 0. The van der Waals surface area contributed by atoms with E-state index in [2.05, 4.69) is 4.74 Å². The smallest absolute Gasteiger partial charge is 0.387 e. The number of halogens is 2. The lowest BCUT2D eigenvalue weighted by atomic mass is 10.2. The first kappa shape index (κ1) is 17.1. The normalized spacial score (nSPS) is 10.3. The van der Waals surface area contributed by atoms with Gasteiger partial charge in [0.1, 0.15) is 11.5 Å². The maximum atomic E-state index is 12.2. The van der Waals surface area contributed by atoms with Gasteiger partial charge in [0, 0.05) is 0 Å². The Kier molecular flexibility index (Phi) is 5.25. The Morgan fingerprint density at radius 3 is 2.54 bits per heavy atom. The third-order valence-electron chi connectivity index (χ3n) is 2.86. The fourth-order valence-electron chi connectivity index (χ4n) is 1.81. The maximum Gasteiger partial charge on any atom is 0.387 e. The SMILES string of the molecule is COc1ccc(OC(=O)c2cccc(OC(F)F)c2)c([N+](=O)[O-])c1. The van der Waals surface area contributed by atoms with Gasteiger partial charge in [-0.15, -0.1) is 0 Å². The molecule has 0 atom stereocenters. The van der Waals surface area contributed by atoms with Gasteiger partial charge in [-0.1, -0.05) is 6.07 Å². The summed E-state index contributed by atoms with van der Waals surface area (Å²) in [7, 11) is 1.33. The first-order chi connectivity index (χ1) is 11.4. The summed E-state index contributed by atoms with van der Waals surface area (Å²) < 4.78 is 38.4. The molecule has 0 aliphatic carbocycles. The molecule has 9 heteroatoms. The summed E-state index contributed by atoms with van der Waals surface area (Å²) in [5, 5.41) is 11.0. The monoisotopic (exact) mass is 339 g/mol. The number of nitrogens with zero attached hydrogens (tertiary/aromatic N) is 1. The molecule has 7 nitrogen and oxygen atoms in total. The van der Waals surface area contributed by atoms with Gasteiger partial charge in [-0.25, -0.2) is 4.79 Å². The number of nitro benzene ring substituents is 1. The zero-order chi connectivity index (χ0) is 17.7. The number of hydrogen-bond acceptors (Lipinski definition) is 6. The van der Waals surface area contributed by atoms with Crippen molar-refractivity contribution in [2.24, 2.45) is 0 Å². The molecule has 0 unspecified atom stereocenters. The maximum absolute atomic E-state index is 12.2. The fourth-order valence-corrected chi connectivity index (χ4v) is 1.81. The molecule has 0 fully saturated rings. The van der Waals surface area contributed by atoms with Crippen LogP contribution in [0.25, 0.3) is 0 Å². The van der Waals surface area contributed by atoms with E-state index < -0.39 is 23.2 Å². The summed E-state index contributed by atoms with van der Waals surface area (Å²) in [5.74, 6) is -1.27. The zero-order valence-electron chi connectivity index (χ0n) is 12.3. The minimum Gasteiger partial charge on any atom is -0.496 e. The minimum absolute atomic E-state index is 0.0988. The van der Waals surface area contributed by atoms with Gasteiger partial charge in [0.05, 0.1) is 23.7 Å². The van der Waals surface area contributed by atoms with Crippen LogP contribution in [0.4, 0.5) is 14.5 Å². The molecule has 0 heterocycles. The van der Waals surface area contributed by atoms with Crippen LogP contribution in [0, 0.1) is 10.1 Å². The summed E-state index contributed by atoms with van der Waals surface area (Å²) in [4.78, 5) is 22.4. The highest BCUT2D eigenvalue weighted by atomic mass is 19.3. The minimum atomic E-state index is -3.04.